The number of pyridine rings is 1. The average Bonchev–Trinajstić information content (AvgIpc) is 2.72. The number of nitrogens with one attached hydrogen (secondary N) is 1. The van der Waals surface area contributed by atoms with Gasteiger partial charge in [0.2, 0.25) is 11.8 Å². The first kappa shape index (κ1) is 19.4. The minimum atomic E-state index is -0.288. The van der Waals surface area contributed by atoms with Crippen molar-refractivity contribution in [2.75, 3.05) is 18.8 Å². The van der Waals surface area contributed by atoms with Crippen molar-refractivity contribution >= 4 is 23.6 Å². The van der Waals surface area contributed by atoms with Crippen molar-refractivity contribution in [1.29, 1.82) is 0 Å². The van der Waals surface area contributed by atoms with Gasteiger partial charge in [-0.15, -0.1) is 11.8 Å². The predicted molar refractivity (Wildman–Crippen MR) is 103 cm³/mol. The first-order valence-corrected chi connectivity index (χ1v) is 9.93. The number of aromatic nitrogens is 1. The lowest BCUT2D eigenvalue weighted by molar-refractivity contribution is -0.133. The fraction of sp³-hybridized carbons (Fsp3) is 0.350. The molecule has 7 heteroatoms. The lowest BCUT2D eigenvalue weighted by atomic mass is 9.96. The molecule has 1 aliphatic heterocycles. The van der Waals surface area contributed by atoms with Crippen LogP contribution < -0.4 is 5.32 Å². The molecule has 0 saturated carbocycles. The molecule has 1 saturated heterocycles. The smallest absolute Gasteiger partial charge is 0.232 e. The number of benzene rings is 1. The average molecular weight is 387 g/mol. The monoisotopic (exact) mass is 387 g/mol. The van der Waals surface area contributed by atoms with Crippen LogP contribution in [0.25, 0.3) is 0 Å². The Bertz CT molecular complexity index is 763. The molecular formula is C20H22FN3O2S. The molecule has 0 radical (unpaired) electrons. The molecule has 0 atom stereocenters. The molecular weight excluding hydrogens is 365 g/mol. The van der Waals surface area contributed by atoms with Crippen LogP contribution in [-0.4, -0.2) is 40.5 Å². The number of piperidine rings is 1. The van der Waals surface area contributed by atoms with Crippen LogP contribution in [-0.2, 0) is 16.1 Å². The number of hydrogen-bond donors (Lipinski definition) is 1. The zero-order chi connectivity index (χ0) is 19.1. The molecule has 0 bridgehead atoms. The zero-order valence-electron chi connectivity index (χ0n) is 14.9. The van der Waals surface area contributed by atoms with Crippen LogP contribution in [0.2, 0.25) is 0 Å². The number of likely N-dealkylation sites (tertiary alicyclic amines) is 1. The maximum Gasteiger partial charge on any atom is 0.232 e. The van der Waals surface area contributed by atoms with E-state index in [1.807, 2.05) is 17.0 Å². The van der Waals surface area contributed by atoms with Crippen LogP contribution >= 0.6 is 11.8 Å². The number of carbonyl (C=O) groups is 2. The van der Waals surface area contributed by atoms with Crippen LogP contribution in [0, 0.1) is 11.7 Å². The highest BCUT2D eigenvalue weighted by molar-refractivity contribution is 8.00. The molecule has 27 heavy (non-hydrogen) atoms. The zero-order valence-corrected chi connectivity index (χ0v) is 15.8. The second kappa shape index (κ2) is 9.50. The van der Waals surface area contributed by atoms with E-state index in [4.69, 9.17) is 0 Å². The van der Waals surface area contributed by atoms with Gasteiger partial charge in [0.15, 0.2) is 0 Å². The van der Waals surface area contributed by atoms with Crippen molar-refractivity contribution < 1.29 is 14.0 Å². The van der Waals surface area contributed by atoms with Gasteiger partial charge in [0, 0.05) is 42.8 Å². The van der Waals surface area contributed by atoms with Crippen LogP contribution in [0.3, 0.4) is 0 Å². The van der Waals surface area contributed by atoms with Crippen molar-refractivity contribution in [2.24, 2.45) is 5.92 Å². The molecule has 0 spiro atoms. The van der Waals surface area contributed by atoms with Gasteiger partial charge in [0.1, 0.15) is 5.82 Å². The summed E-state index contributed by atoms with van der Waals surface area (Å²) in [5.74, 6) is 0.122. The van der Waals surface area contributed by atoms with Crippen LogP contribution in [0.1, 0.15) is 18.4 Å². The normalized spacial score (nSPS) is 14.8. The largest absolute Gasteiger partial charge is 0.352 e. The number of nitrogens with zero attached hydrogens (tertiary/aromatic N) is 2. The van der Waals surface area contributed by atoms with Crippen molar-refractivity contribution in [1.82, 2.24) is 15.2 Å². The Labute approximate surface area is 162 Å². The van der Waals surface area contributed by atoms with Gasteiger partial charge in [-0.05, 0) is 42.7 Å². The van der Waals surface area contributed by atoms with Crippen molar-refractivity contribution in [3.8, 4) is 0 Å². The summed E-state index contributed by atoms with van der Waals surface area (Å²) < 4.78 is 12.9. The van der Waals surface area contributed by atoms with Gasteiger partial charge >= 0.3 is 0 Å². The highest BCUT2D eigenvalue weighted by Crippen LogP contribution is 2.21. The minimum absolute atomic E-state index is 0.00224. The number of halogens is 1. The highest BCUT2D eigenvalue weighted by Gasteiger charge is 2.27. The number of thioether (sulfide) groups is 1. The fourth-order valence-electron chi connectivity index (χ4n) is 3.00. The third-order valence-corrected chi connectivity index (χ3v) is 5.61. The lowest BCUT2D eigenvalue weighted by Crippen LogP contribution is -2.43. The van der Waals surface area contributed by atoms with Gasteiger partial charge in [0.25, 0.3) is 0 Å². The topological polar surface area (TPSA) is 62.3 Å². The summed E-state index contributed by atoms with van der Waals surface area (Å²) >= 11 is 1.50. The van der Waals surface area contributed by atoms with E-state index >= 15 is 0 Å². The van der Waals surface area contributed by atoms with E-state index in [-0.39, 0.29) is 23.5 Å². The fourth-order valence-corrected chi connectivity index (χ4v) is 3.78. The van der Waals surface area contributed by atoms with E-state index in [0.717, 1.165) is 10.5 Å². The Morgan fingerprint density at radius 3 is 2.44 bits per heavy atom. The Morgan fingerprint density at radius 1 is 1.11 bits per heavy atom. The number of rotatable bonds is 6. The second-order valence-corrected chi connectivity index (χ2v) is 7.52. The van der Waals surface area contributed by atoms with Crippen molar-refractivity contribution in [3.63, 3.8) is 0 Å². The van der Waals surface area contributed by atoms with E-state index in [1.54, 1.807) is 24.5 Å². The Morgan fingerprint density at radius 2 is 1.78 bits per heavy atom. The summed E-state index contributed by atoms with van der Waals surface area (Å²) in [4.78, 5) is 31.5. The van der Waals surface area contributed by atoms with Crippen LogP contribution in [0.15, 0.2) is 53.7 Å². The Kier molecular flexibility index (Phi) is 6.81. The standard InChI is InChI=1S/C20H22FN3O2S/c21-17-3-1-15(2-4-17)13-23-20(26)16-7-11-24(12-8-16)19(25)14-27-18-5-9-22-10-6-18/h1-6,9-10,16H,7-8,11-14H2,(H,23,26). The first-order valence-electron chi connectivity index (χ1n) is 8.94. The van der Waals surface area contributed by atoms with Crippen molar-refractivity contribution in [2.45, 2.75) is 24.3 Å². The van der Waals surface area contributed by atoms with E-state index < -0.39 is 0 Å². The highest BCUT2D eigenvalue weighted by atomic mass is 32.2. The second-order valence-electron chi connectivity index (χ2n) is 6.47. The van der Waals surface area contributed by atoms with E-state index in [0.29, 0.717) is 38.2 Å². The molecule has 1 N–H and O–H groups in total. The number of amides is 2. The minimum Gasteiger partial charge on any atom is -0.352 e. The molecule has 2 heterocycles. The molecule has 5 nitrogen and oxygen atoms in total. The molecule has 3 rings (SSSR count). The molecule has 142 valence electrons. The van der Waals surface area contributed by atoms with Gasteiger partial charge in [-0.3, -0.25) is 14.6 Å². The molecule has 2 aromatic rings. The number of carbonyl (C=O) groups excluding carboxylic acids is 2. The van der Waals surface area contributed by atoms with Gasteiger partial charge in [-0.25, -0.2) is 4.39 Å². The molecule has 1 fully saturated rings. The summed E-state index contributed by atoms with van der Waals surface area (Å²) in [5, 5.41) is 2.90. The molecule has 0 unspecified atom stereocenters. The maximum absolute atomic E-state index is 12.9. The summed E-state index contributed by atoms with van der Waals surface area (Å²) in [6, 6.07) is 9.87. The summed E-state index contributed by atoms with van der Waals surface area (Å²) in [6.07, 6.45) is 4.76. The molecule has 0 aliphatic carbocycles. The van der Waals surface area contributed by atoms with Crippen LogP contribution in [0.5, 0.6) is 0 Å². The Balaban J connectivity index is 1.39. The molecule has 2 amide bonds. The molecule has 1 aromatic carbocycles. The van der Waals surface area contributed by atoms with Gasteiger partial charge in [-0.2, -0.15) is 0 Å². The molecule has 1 aromatic heterocycles. The SMILES string of the molecule is O=C(NCc1ccc(F)cc1)C1CCN(C(=O)CSc2ccncc2)CC1. The number of hydrogen-bond acceptors (Lipinski definition) is 4. The third kappa shape index (κ3) is 5.79. The molecule has 1 aliphatic rings. The van der Waals surface area contributed by atoms with Gasteiger partial charge in [-0.1, -0.05) is 12.1 Å². The maximum atomic E-state index is 12.9. The Hall–Kier alpha value is -2.41. The van der Waals surface area contributed by atoms with Gasteiger partial charge in [0.05, 0.1) is 5.75 Å². The van der Waals surface area contributed by atoms with E-state index in [2.05, 4.69) is 10.3 Å². The van der Waals surface area contributed by atoms with Crippen LogP contribution in [0.4, 0.5) is 4.39 Å². The van der Waals surface area contributed by atoms with E-state index in [1.165, 1.54) is 23.9 Å². The summed E-state index contributed by atoms with van der Waals surface area (Å²) in [7, 11) is 0. The van der Waals surface area contributed by atoms with E-state index in [9.17, 15) is 14.0 Å². The lowest BCUT2D eigenvalue weighted by Gasteiger charge is -2.31. The van der Waals surface area contributed by atoms with Gasteiger partial charge < -0.3 is 10.2 Å². The predicted octanol–water partition coefficient (Wildman–Crippen LogP) is 2.87. The summed E-state index contributed by atoms with van der Waals surface area (Å²) in [5.41, 5.74) is 0.866. The van der Waals surface area contributed by atoms with Crippen molar-refractivity contribution in [3.05, 3.63) is 60.2 Å². The summed E-state index contributed by atoms with van der Waals surface area (Å²) in [6.45, 7) is 1.59. The first-order chi connectivity index (χ1) is 13.1. The third-order valence-electron chi connectivity index (χ3n) is 4.61. The quantitative estimate of drug-likeness (QED) is 0.775.